The van der Waals surface area contributed by atoms with E-state index in [-0.39, 0.29) is 30.4 Å². The van der Waals surface area contributed by atoms with E-state index in [4.69, 9.17) is 4.74 Å². The quantitative estimate of drug-likeness (QED) is 0.536. The van der Waals surface area contributed by atoms with Crippen LogP contribution >= 0.6 is 0 Å². The molecule has 1 fully saturated rings. The molecule has 0 bridgehead atoms. The van der Waals surface area contributed by atoms with Crippen LogP contribution in [-0.4, -0.2) is 66.9 Å². The van der Waals surface area contributed by atoms with Crippen molar-refractivity contribution in [2.75, 3.05) is 37.7 Å². The van der Waals surface area contributed by atoms with Gasteiger partial charge in [-0.25, -0.2) is 4.39 Å². The molecule has 2 aromatic rings. The normalized spacial score (nSPS) is 18.8. The highest BCUT2D eigenvalue weighted by Crippen LogP contribution is 2.25. The minimum absolute atomic E-state index is 0.0188. The lowest BCUT2D eigenvalue weighted by atomic mass is 10.1. The maximum Gasteiger partial charge on any atom is 0.260 e. The van der Waals surface area contributed by atoms with E-state index in [1.165, 1.54) is 12.1 Å². The highest BCUT2D eigenvalue weighted by atomic mass is 19.1. The molecule has 33 heavy (non-hydrogen) atoms. The highest BCUT2D eigenvalue weighted by molar-refractivity contribution is 5.82. The van der Waals surface area contributed by atoms with Crippen LogP contribution in [0.1, 0.15) is 43.6 Å². The molecule has 2 aromatic carbocycles. The molecule has 7 heteroatoms. The first kappa shape index (κ1) is 24.7. The predicted octanol–water partition coefficient (Wildman–Crippen LogP) is 3.98. The third-order valence-electron chi connectivity index (χ3n) is 6.34. The number of benzene rings is 2. The summed E-state index contributed by atoms with van der Waals surface area (Å²) < 4.78 is 19.0. The first-order chi connectivity index (χ1) is 15.9. The summed E-state index contributed by atoms with van der Waals surface area (Å²) in [4.78, 5) is 30.8. The van der Waals surface area contributed by atoms with Gasteiger partial charge in [-0.2, -0.15) is 0 Å². The topological polar surface area (TPSA) is 53.1 Å². The highest BCUT2D eigenvalue weighted by Gasteiger charge is 2.32. The van der Waals surface area contributed by atoms with Crippen LogP contribution in [0.3, 0.4) is 0 Å². The molecule has 6 nitrogen and oxygen atoms in total. The Labute approximate surface area is 195 Å². The SMILES string of the molecule is CCN(CC)c1ccc(C=O)c(OCC(=O)N2C[C@H](C)N(Cc3ccc(F)cc3)C[C@H]2C)c1. The fraction of sp³-hybridized carbons (Fsp3) is 0.462. The molecule has 1 amide bonds. The number of carbonyl (C=O) groups excluding carboxylic acids is 2. The van der Waals surface area contributed by atoms with Gasteiger partial charge in [-0.3, -0.25) is 14.5 Å². The van der Waals surface area contributed by atoms with E-state index in [0.29, 0.717) is 24.4 Å². The van der Waals surface area contributed by atoms with Crippen molar-refractivity contribution in [3.63, 3.8) is 0 Å². The van der Waals surface area contributed by atoms with Gasteiger partial charge in [0.2, 0.25) is 0 Å². The number of aldehydes is 1. The van der Waals surface area contributed by atoms with Gasteiger partial charge >= 0.3 is 0 Å². The molecular weight excluding hydrogens is 421 g/mol. The van der Waals surface area contributed by atoms with Gasteiger partial charge in [0, 0.05) is 56.6 Å². The Morgan fingerprint density at radius 1 is 1.09 bits per heavy atom. The second kappa shape index (κ2) is 11.3. The van der Waals surface area contributed by atoms with Crippen LogP contribution in [0.15, 0.2) is 42.5 Å². The molecule has 0 unspecified atom stereocenters. The van der Waals surface area contributed by atoms with Gasteiger partial charge in [-0.1, -0.05) is 12.1 Å². The van der Waals surface area contributed by atoms with Crippen LogP contribution in [-0.2, 0) is 11.3 Å². The molecule has 178 valence electrons. The number of hydrogen-bond acceptors (Lipinski definition) is 5. The van der Waals surface area contributed by atoms with E-state index in [1.54, 1.807) is 18.2 Å². The number of halogens is 1. The van der Waals surface area contributed by atoms with Crippen molar-refractivity contribution in [3.05, 3.63) is 59.4 Å². The molecule has 1 heterocycles. The summed E-state index contributed by atoms with van der Waals surface area (Å²) in [5, 5.41) is 0. The van der Waals surface area contributed by atoms with Gasteiger partial charge in [-0.15, -0.1) is 0 Å². The lowest BCUT2D eigenvalue weighted by Gasteiger charge is -2.44. The lowest BCUT2D eigenvalue weighted by Crippen LogP contribution is -2.58. The predicted molar refractivity (Wildman–Crippen MR) is 128 cm³/mol. The average molecular weight is 456 g/mol. The number of nitrogens with zero attached hydrogens (tertiary/aromatic N) is 3. The van der Waals surface area contributed by atoms with E-state index in [1.807, 2.05) is 24.0 Å². The zero-order valence-corrected chi connectivity index (χ0v) is 20.0. The van der Waals surface area contributed by atoms with E-state index in [0.717, 1.165) is 37.2 Å². The van der Waals surface area contributed by atoms with Gasteiger partial charge in [-0.05, 0) is 57.5 Å². The first-order valence-electron chi connectivity index (χ1n) is 11.6. The lowest BCUT2D eigenvalue weighted by molar-refractivity contribution is -0.139. The van der Waals surface area contributed by atoms with Gasteiger partial charge in [0.25, 0.3) is 5.91 Å². The molecule has 0 aliphatic carbocycles. The van der Waals surface area contributed by atoms with E-state index < -0.39 is 0 Å². The van der Waals surface area contributed by atoms with Crippen molar-refractivity contribution in [1.29, 1.82) is 0 Å². The van der Waals surface area contributed by atoms with Crippen molar-refractivity contribution in [3.8, 4) is 5.75 Å². The molecule has 0 radical (unpaired) electrons. The molecule has 1 aliphatic rings. The van der Waals surface area contributed by atoms with E-state index in [9.17, 15) is 14.0 Å². The summed E-state index contributed by atoms with van der Waals surface area (Å²) in [5.74, 6) is 0.0928. The van der Waals surface area contributed by atoms with E-state index in [2.05, 4.69) is 30.6 Å². The first-order valence-corrected chi connectivity index (χ1v) is 11.6. The molecule has 1 aliphatic heterocycles. The summed E-state index contributed by atoms with van der Waals surface area (Å²) in [5.41, 5.74) is 2.45. The standard InChI is InChI=1S/C26H34FN3O3/c1-5-28(6-2)24-12-9-22(17-31)25(13-24)33-18-26(32)30-15-19(3)29(14-20(30)4)16-21-7-10-23(27)11-8-21/h7-13,17,19-20H,5-6,14-16,18H2,1-4H3/t19-,20+/m0/s1. The van der Waals surface area contributed by atoms with Crippen LogP contribution in [0.25, 0.3) is 0 Å². The van der Waals surface area contributed by atoms with Crippen LogP contribution in [0.5, 0.6) is 5.75 Å². The Balaban J connectivity index is 1.62. The summed E-state index contributed by atoms with van der Waals surface area (Å²) in [6.07, 6.45) is 0.755. The fourth-order valence-electron chi connectivity index (χ4n) is 4.34. The van der Waals surface area contributed by atoms with Crippen molar-refractivity contribution in [2.45, 2.75) is 46.3 Å². The van der Waals surface area contributed by atoms with Crippen LogP contribution < -0.4 is 9.64 Å². The largest absolute Gasteiger partial charge is 0.483 e. The van der Waals surface area contributed by atoms with Crippen molar-refractivity contribution < 1.29 is 18.7 Å². The third-order valence-corrected chi connectivity index (χ3v) is 6.34. The molecule has 0 N–H and O–H groups in total. The Kier molecular flexibility index (Phi) is 8.44. The van der Waals surface area contributed by atoms with Crippen molar-refractivity contribution in [1.82, 2.24) is 9.80 Å². The van der Waals surface area contributed by atoms with E-state index >= 15 is 0 Å². The van der Waals surface area contributed by atoms with Crippen LogP contribution in [0.4, 0.5) is 10.1 Å². The Hall–Kier alpha value is -2.93. The molecular formula is C26H34FN3O3. The molecule has 1 saturated heterocycles. The summed E-state index contributed by atoms with van der Waals surface area (Å²) >= 11 is 0. The number of amides is 1. The van der Waals surface area contributed by atoms with Gasteiger partial charge in [0.1, 0.15) is 11.6 Å². The number of rotatable bonds is 9. The van der Waals surface area contributed by atoms with Crippen molar-refractivity contribution in [2.24, 2.45) is 0 Å². The van der Waals surface area contributed by atoms with Crippen molar-refractivity contribution >= 4 is 17.9 Å². The zero-order chi connectivity index (χ0) is 24.0. The second-order valence-corrected chi connectivity index (χ2v) is 8.60. The number of hydrogen-bond donors (Lipinski definition) is 0. The Morgan fingerprint density at radius 3 is 2.42 bits per heavy atom. The molecule has 0 saturated carbocycles. The molecule has 0 aromatic heterocycles. The molecule has 3 rings (SSSR count). The maximum absolute atomic E-state index is 13.2. The zero-order valence-electron chi connectivity index (χ0n) is 20.0. The fourth-order valence-corrected chi connectivity index (χ4v) is 4.34. The van der Waals surface area contributed by atoms with Gasteiger partial charge < -0.3 is 14.5 Å². The maximum atomic E-state index is 13.2. The third kappa shape index (κ3) is 6.11. The number of carbonyl (C=O) groups is 2. The van der Waals surface area contributed by atoms with Gasteiger partial charge in [0.15, 0.2) is 12.9 Å². The number of piperazine rings is 1. The molecule has 2 atom stereocenters. The monoisotopic (exact) mass is 455 g/mol. The summed E-state index contributed by atoms with van der Waals surface area (Å²) in [6.45, 7) is 11.8. The minimum Gasteiger partial charge on any atom is -0.483 e. The Bertz CT molecular complexity index is 946. The van der Waals surface area contributed by atoms with Crippen LogP contribution in [0.2, 0.25) is 0 Å². The molecule has 0 spiro atoms. The number of ether oxygens (including phenoxy) is 1. The van der Waals surface area contributed by atoms with Crippen LogP contribution in [0, 0.1) is 5.82 Å². The second-order valence-electron chi connectivity index (χ2n) is 8.60. The summed E-state index contributed by atoms with van der Waals surface area (Å²) in [6, 6.07) is 12.2. The summed E-state index contributed by atoms with van der Waals surface area (Å²) in [7, 11) is 0. The number of anilines is 1. The smallest absolute Gasteiger partial charge is 0.260 e. The minimum atomic E-state index is -0.240. The van der Waals surface area contributed by atoms with Gasteiger partial charge in [0.05, 0.1) is 5.56 Å². The average Bonchev–Trinajstić information content (AvgIpc) is 2.82. The Morgan fingerprint density at radius 2 is 1.79 bits per heavy atom.